The number of amides is 1. The van der Waals surface area contributed by atoms with Crippen molar-refractivity contribution in [3.8, 4) is 0 Å². The fourth-order valence-corrected chi connectivity index (χ4v) is 3.98. The molecule has 0 heterocycles. The Morgan fingerprint density at radius 2 is 1.83 bits per heavy atom. The van der Waals surface area contributed by atoms with Crippen molar-refractivity contribution in [3.05, 3.63) is 65.2 Å². The van der Waals surface area contributed by atoms with Gasteiger partial charge in [-0.15, -0.1) is 0 Å². The molecule has 0 unspecified atom stereocenters. The smallest absolute Gasteiger partial charge is 0.338 e. The summed E-state index contributed by atoms with van der Waals surface area (Å²) in [5.41, 5.74) is 1.39. The number of ether oxygens (including phenoxy) is 1. The van der Waals surface area contributed by atoms with Crippen LogP contribution in [0.5, 0.6) is 0 Å². The first-order valence-electron chi connectivity index (χ1n) is 9.42. The third-order valence-electron chi connectivity index (χ3n) is 4.60. The van der Waals surface area contributed by atoms with Crippen LogP contribution in [0.2, 0.25) is 0 Å². The van der Waals surface area contributed by atoms with Crippen molar-refractivity contribution in [1.82, 2.24) is 10.0 Å². The second-order valence-electron chi connectivity index (χ2n) is 7.12. The Bertz CT molecular complexity index is 1000. The van der Waals surface area contributed by atoms with Gasteiger partial charge in [0.2, 0.25) is 10.0 Å². The molecule has 7 nitrogen and oxygen atoms in total. The number of benzene rings is 2. The summed E-state index contributed by atoms with van der Waals surface area (Å²) in [6.45, 7) is 3.27. The molecule has 0 saturated heterocycles. The molecule has 1 saturated carbocycles. The molecule has 1 amide bonds. The summed E-state index contributed by atoms with van der Waals surface area (Å²) in [5.74, 6) is -1.10. The van der Waals surface area contributed by atoms with Crippen LogP contribution in [0.25, 0.3) is 0 Å². The number of hydrogen-bond donors (Lipinski definition) is 2. The van der Waals surface area contributed by atoms with Gasteiger partial charge in [0, 0.05) is 12.6 Å². The van der Waals surface area contributed by atoms with Crippen LogP contribution in [-0.2, 0) is 26.1 Å². The van der Waals surface area contributed by atoms with Crippen LogP contribution >= 0.6 is 0 Å². The first kappa shape index (κ1) is 21.0. The van der Waals surface area contributed by atoms with E-state index in [1.807, 2.05) is 30.3 Å². The van der Waals surface area contributed by atoms with E-state index in [0.717, 1.165) is 18.4 Å². The monoisotopic (exact) mass is 416 g/mol. The predicted molar refractivity (Wildman–Crippen MR) is 108 cm³/mol. The van der Waals surface area contributed by atoms with E-state index >= 15 is 0 Å². The van der Waals surface area contributed by atoms with E-state index < -0.39 is 22.1 Å². The largest absolute Gasteiger partial charge is 0.449 e. The van der Waals surface area contributed by atoms with Crippen LogP contribution in [-0.4, -0.2) is 32.4 Å². The Hall–Kier alpha value is -2.71. The fraction of sp³-hybridized carbons (Fsp3) is 0.333. The summed E-state index contributed by atoms with van der Waals surface area (Å²) in [6.07, 6.45) is 0.907. The van der Waals surface area contributed by atoms with Crippen molar-refractivity contribution in [2.75, 3.05) is 0 Å². The van der Waals surface area contributed by atoms with E-state index in [9.17, 15) is 18.0 Å². The van der Waals surface area contributed by atoms with Crippen LogP contribution in [0.3, 0.4) is 0 Å². The standard InChI is InChI=1S/C21H24N2O5S/c1-14-8-9-17(21(25)28-15(2)20(24)23-18-10-11-18)12-19(14)29(26,27)22-13-16-6-4-3-5-7-16/h3-9,12,15,18,22H,10-11,13H2,1-2H3,(H,23,24)/t15-/m0/s1. The topological polar surface area (TPSA) is 102 Å². The van der Waals surface area contributed by atoms with Crippen LogP contribution in [0.1, 0.15) is 41.3 Å². The number of nitrogens with one attached hydrogen (secondary N) is 2. The molecule has 1 aliphatic rings. The number of hydrogen-bond acceptors (Lipinski definition) is 5. The number of aryl methyl sites for hydroxylation is 1. The van der Waals surface area contributed by atoms with Gasteiger partial charge in [-0.2, -0.15) is 0 Å². The van der Waals surface area contributed by atoms with Gasteiger partial charge in [-0.3, -0.25) is 4.79 Å². The van der Waals surface area contributed by atoms with Crippen LogP contribution < -0.4 is 10.0 Å². The fourth-order valence-electron chi connectivity index (χ4n) is 2.70. The molecule has 2 N–H and O–H groups in total. The maximum absolute atomic E-state index is 12.7. The zero-order chi connectivity index (χ0) is 21.0. The van der Waals surface area contributed by atoms with E-state index in [1.165, 1.54) is 19.1 Å². The van der Waals surface area contributed by atoms with Gasteiger partial charge in [0.25, 0.3) is 5.91 Å². The van der Waals surface area contributed by atoms with Crippen molar-refractivity contribution in [2.24, 2.45) is 0 Å². The second kappa shape index (κ2) is 8.75. The lowest BCUT2D eigenvalue weighted by atomic mass is 10.1. The van der Waals surface area contributed by atoms with E-state index in [1.54, 1.807) is 13.0 Å². The lowest BCUT2D eigenvalue weighted by Gasteiger charge is -2.14. The molecule has 1 aliphatic carbocycles. The molecular weight excluding hydrogens is 392 g/mol. The number of esters is 1. The van der Waals surface area contributed by atoms with Crippen LogP contribution in [0, 0.1) is 6.92 Å². The molecule has 154 valence electrons. The first-order valence-corrected chi connectivity index (χ1v) is 10.9. The third kappa shape index (κ3) is 5.65. The molecule has 2 aromatic carbocycles. The Kier molecular flexibility index (Phi) is 6.34. The molecule has 8 heteroatoms. The number of carbonyl (C=O) groups excluding carboxylic acids is 2. The lowest BCUT2D eigenvalue weighted by molar-refractivity contribution is -0.129. The van der Waals surface area contributed by atoms with Gasteiger partial charge in [0.05, 0.1) is 10.5 Å². The first-order chi connectivity index (χ1) is 13.8. The minimum absolute atomic E-state index is 0.00188. The highest BCUT2D eigenvalue weighted by molar-refractivity contribution is 7.89. The van der Waals surface area contributed by atoms with Gasteiger partial charge in [0.15, 0.2) is 6.10 Å². The minimum atomic E-state index is -3.83. The van der Waals surface area contributed by atoms with Gasteiger partial charge in [-0.05, 0) is 49.9 Å². The Balaban J connectivity index is 1.70. The second-order valence-corrected chi connectivity index (χ2v) is 8.86. The molecule has 3 rings (SSSR count). The van der Waals surface area contributed by atoms with E-state index in [-0.39, 0.29) is 29.0 Å². The molecule has 1 fully saturated rings. The zero-order valence-corrected chi connectivity index (χ0v) is 17.2. The SMILES string of the molecule is Cc1ccc(C(=O)O[C@@H](C)C(=O)NC2CC2)cc1S(=O)(=O)NCc1ccccc1. The van der Waals surface area contributed by atoms with Crippen molar-refractivity contribution < 1.29 is 22.7 Å². The molecule has 2 aromatic rings. The van der Waals surface area contributed by atoms with Crippen molar-refractivity contribution in [1.29, 1.82) is 0 Å². The number of carbonyl (C=O) groups is 2. The van der Waals surface area contributed by atoms with Crippen LogP contribution in [0.4, 0.5) is 0 Å². The maximum Gasteiger partial charge on any atom is 0.338 e. The Morgan fingerprint density at radius 3 is 2.48 bits per heavy atom. The molecule has 0 bridgehead atoms. The molecule has 29 heavy (non-hydrogen) atoms. The van der Waals surface area contributed by atoms with Crippen molar-refractivity contribution in [2.45, 2.75) is 50.3 Å². The summed E-state index contributed by atoms with van der Waals surface area (Å²) in [4.78, 5) is 24.4. The van der Waals surface area contributed by atoms with Gasteiger partial charge in [0.1, 0.15) is 0 Å². The van der Waals surface area contributed by atoms with Gasteiger partial charge < -0.3 is 10.1 Å². The van der Waals surface area contributed by atoms with Gasteiger partial charge >= 0.3 is 5.97 Å². The quantitative estimate of drug-likeness (QED) is 0.643. The highest BCUT2D eigenvalue weighted by Crippen LogP contribution is 2.20. The molecule has 0 aromatic heterocycles. The highest BCUT2D eigenvalue weighted by Gasteiger charge is 2.28. The summed E-state index contributed by atoms with van der Waals surface area (Å²) in [7, 11) is -3.83. The Labute approximate surface area is 170 Å². The van der Waals surface area contributed by atoms with Crippen LogP contribution in [0.15, 0.2) is 53.4 Å². The van der Waals surface area contributed by atoms with Gasteiger partial charge in [-0.25, -0.2) is 17.9 Å². The molecule has 1 atom stereocenters. The lowest BCUT2D eigenvalue weighted by Crippen LogP contribution is -2.37. The third-order valence-corrected chi connectivity index (χ3v) is 6.14. The van der Waals surface area contributed by atoms with Crippen molar-refractivity contribution in [3.63, 3.8) is 0 Å². The Morgan fingerprint density at radius 1 is 1.14 bits per heavy atom. The average Bonchev–Trinajstić information content (AvgIpc) is 3.51. The zero-order valence-electron chi connectivity index (χ0n) is 16.3. The molecular formula is C21H24N2O5S. The van der Waals surface area contributed by atoms with E-state index in [2.05, 4.69) is 10.0 Å². The highest BCUT2D eigenvalue weighted by atomic mass is 32.2. The summed E-state index contributed by atoms with van der Waals surface area (Å²) in [6, 6.07) is 13.6. The number of rotatable bonds is 8. The molecule has 0 radical (unpaired) electrons. The van der Waals surface area contributed by atoms with E-state index in [4.69, 9.17) is 4.74 Å². The summed E-state index contributed by atoms with van der Waals surface area (Å²) in [5, 5.41) is 2.77. The van der Waals surface area contributed by atoms with Crippen molar-refractivity contribution >= 4 is 21.9 Å². The molecule has 0 aliphatic heterocycles. The summed E-state index contributed by atoms with van der Waals surface area (Å²) < 4.78 is 33.2. The minimum Gasteiger partial charge on any atom is -0.449 e. The maximum atomic E-state index is 12.7. The average molecular weight is 416 g/mol. The normalized spacial score (nSPS) is 14.8. The summed E-state index contributed by atoms with van der Waals surface area (Å²) >= 11 is 0. The predicted octanol–water partition coefficient (Wildman–Crippen LogP) is 2.30. The van der Waals surface area contributed by atoms with Gasteiger partial charge in [-0.1, -0.05) is 36.4 Å². The molecule has 0 spiro atoms. The van der Waals surface area contributed by atoms with E-state index in [0.29, 0.717) is 5.56 Å². The number of sulfonamides is 1.